The summed E-state index contributed by atoms with van der Waals surface area (Å²) in [6.45, 7) is 4.76. The number of carbonyl (C=O) groups is 1. The number of aryl methyl sites for hydroxylation is 1. The number of nitrogens with zero attached hydrogens (tertiary/aromatic N) is 2. The Morgan fingerprint density at radius 1 is 0.903 bits per heavy atom. The van der Waals surface area contributed by atoms with Gasteiger partial charge in [0.2, 0.25) is 15.9 Å². The molecule has 6 nitrogen and oxygen atoms in total. The minimum atomic E-state index is -3.59. The van der Waals surface area contributed by atoms with Crippen LogP contribution in [-0.4, -0.2) is 44.8 Å². The molecule has 0 unspecified atom stereocenters. The Bertz CT molecular complexity index is 997. The van der Waals surface area contributed by atoms with Gasteiger partial charge in [0.05, 0.1) is 10.8 Å². The average molecular weight is 442 g/mol. The molecule has 7 heteroatoms. The van der Waals surface area contributed by atoms with Crippen molar-refractivity contribution in [3.05, 3.63) is 54.1 Å². The van der Waals surface area contributed by atoms with Crippen molar-refractivity contribution in [1.29, 1.82) is 0 Å². The molecule has 1 amide bonds. The topological polar surface area (TPSA) is 69.7 Å². The maximum atomic E-state index is 13.0. The van der Waals surface area contributed by atoms with Crippen LogP contribution in [0.25, 0.3) is 0 Å². The molecule has 1 N–H and O–H groups in total. The van der Waals surface area contributed by atoms with E-state index in [1.54, 1.807) is 24.3 Å². The summed E-state index contributed by atoms with van der Waals surface area (Å²) in [6, 6.07) is 14.8. The van der Waals surface area contributed by atoms with Gasteiger partial charge in [-0.05, 0) is 75.4 Å². The first-order valence-electron chi connectivity index (χ1n) is 11.2. The van der Waals surface area contributed by atoms with Crippen molar-refractivity contribution in [1.82, 2.24) is 4.31 Å². The fourth-order valence-corrected chi connectivity index (χ4v) is 5.91. The van der Waals surface area contributed by atoms with E-state index in [0.29, 0.717) is 19.4 Å². The highest BCUT2D eigenvalue weighted by Crippen LogP contribution is 2.26. The number of sulfonamides is 1. The lowest BCUT2D eigenvalue weighted by atomic mass is 9.98. The first kappa shape index (κ1) is 21.8. The molecule has 0 spiro atoms. The summed E-state index contributed by atoms with van der Waals surface area (Å²) in [4.78, 5) is 15.5. The molecule has 166 valence electrons. The number of anilines is 2. The first-order chi connectivity index (χ1) is 14.9. The van der Waals surface area contributed by atoms with Crippen molar-refractivity contribution < 1.29 is 13.2 Å². The largest absolute Gasteiger partial charge is 0.372 e. The molecular formula is C24H31N3O3S. The molecule has 2 aliphatic rings. The summed E-state index contributed by atoms with van der Waals surface area (Å²) in [5.74, 6) is -0.467. The number of nitrogens with one attached hydrogen (secondary N) is 1. The summed E-state index contributed by atoms with van der Waals surface area (Å²) in [5, 5.41) is 2.98. The zero-order valence-corrected chi connectivity index (χ0v) is 18.9. The number of amides is 1. The number of piperidine rings is 2. The average Bonchev–Trinajstić information content (AvgIpc) is 2.80. The fourth-order valence-electron chi connectivity index (χ4n) is 4.39. The van der Waals surface area contributed by atoms with Crippen LogP contribution in [0, 0.1) is 12.8 Å². The third-order valence-electron chi connectivity index (χ3n) is 6.27. The van der Waals surface area contributed by atoms with Crippen LogP contribution in [0.2, 0.25) is 0 Å². The molecule has 0 aromatic heterocycles. The summed E-state index contributed by atoms with van der Waals surface area (Å²) in [6.07, 6.45) is 5.11. The van der Waals surface area contributed by atoms with Crippen LogP contribution < -0.4 is 10.2 Å². The van der Waals surface area contributed by atoms with Crippen LogP contribution >= 0.6 is 0 Å². The van der Waals surface area contributed by atoms with Crippen molar-refractivity contribution in [2.75, 3.05) is 36.4 Å². The molecule has 2 saturated heterocycles. The lowest BCUT2D eigenvalue weighted by Gasteiger charge is -2.31. The van der Waals surface area contributed by atoms with Gasteiger partial charge in [-0.25, -0.2) is 8.42 Å². The van der Waals surface area contributed by atoms with Crippen molar-refractivity contribution in [2.45, 2.75) is 43.9 Å². The maximum Gasteiger partial charge on any atom is 0.243 e. The van der Waals surface area contributed by atoms with Crippen molar-refractivity contribution in [3.8, 4) is 0 Å². The van der Waals surface area contributed by atoms with Crippen molar-refractivity contribution in [2.24, 2.45) is 5.92 Å². The third kappa shape index (κ3) is 5.10. The zero-order valence-electron chi connectivity index (χ0n) is 18.1. The SMILES string of the molecule is Cc1ccc(S(=O)(=O)N2CCC[C@H](C(=O)Nc3ccc(N4CCCCC4)cc3)C2)cc1. The van der Waals surface area contributed by atoms with Gasteiger partial charge in [0.1, 0.15) is 0 Å². The van der Waals surface area contributed by atoms with Gasteiger partial charge in [-0.2, -0.15) is 4.31 Å². The van der Waals surface area contributed by atoms with E-state index in [-0.39, 0.29) is 23.3 Å². The third-order valence-corrected chi connectivity index (χ3v) is 8.15. The first-order valence-corrected chi connectivity index (χ1v) is 12.6. The summed E-state index contributed by atoms with van der Waals surface area (Å²) >= 11 is 0. The molecule has 1 atom stereocenters. The molecule has 2 aliphatic heterocycles. The molecule has 4 rings (SSSR count). The van der Waals surface area contributed by atoms with Gasteiger partial charge in [-0.1, -0.05) is 17.7 Å². The Hall–Kier alpha value is -2.38. The number of hydrogen-bond acceptors (Lipinski definition) is 4. The Balaban J connectivity index is 1.39. The molecule has 0 radical (unpaired) electrons. The van der Waals surface area contributed by atoms with Gasteiger partial charge in [0.15, 0.2) is 0 Å². The van der Waals surface area contributed by atoms with Gasteiger partial charge < -0.3 is 10.2 Å². The predicted octanol–water partition coefficient (Wildman–Crippen LogP) is 4.02. The highest BCUT2D eigenvalue weighted by atomic mass is 32.2. The second-order valence-electron chi connectivity index (χ2n) is 8.60. The van der Waals surface area contributed by atoms with Gasteiger partial charge >= 0.3 is 0 Å². The minimum Gasteiger partial charge on any atom is -0.372 e. The number of rotatable bonds is 5. The van der Waals surface area contributed by atoms with Crippen LogP contribution in [-0.2, 0) is 14.8 Å². The molecule has 2 heterocycles. The Labute approximate surface area is 185 Å². The van der Waals surface area contributed by atoms with Gasteiger partial charge in [-0.3, -0.25) is 4.79 Å². The Kier molecular flexibility index (Phi) is 6.62. The van der Waals surface area contributed by atoms with Crippen LogP contribution in [0.5, 0.6) is 0 Å². The van der Waals surface area contributed by atoms with Crippen molar-refractivity contribution >= 4 is 27.3 Å². The van der Waals surface area contributed by atoms with E-state index in [1.807, 2.05) is 19.1 Å². The number of benzene rings is 2. The molecule has 2 aromatic rings. The van der Waals surface area contributed by atoms with Gasteiger partial charge in [0.25, 0.3) is 0 Å². The second kappa shape index (κ2) is 9.40. The van der Waals surface area contributed by atoms with E-state index in [1.165, 1.54) is 29.3 Å². The zero-order chi connectivity index (χ0) is 21.8. The molecule has 31 heavy (non-hydrogen) atoms. The minimum absolute atomic E-state index is 0.116. The van der Waals surface area contributed by atoms with Gasteiger partial charge in [0, 0.05) is 37.6 Å². The summed E-state index contributed by atoms with van der Waals surface area (Å²) < 4.78 is 27.5. The fraction of sp³-hybridized carbons (Fsp3) is 0.458. The lowest BCUT2D eigenvalue weighted by molar-refractivity contribution is -0.120. The van der Waals surface area contributed by atoms with Crippen LogP contribution in [0.3, 0.4) is 0 Å². The molecule has 0 aliphatic carbocycles. The molecule has 2 aromatic carbocycles. The number of carbonyl (C=O) groups excluding carboxylic acids is 1. The van der Waals surface area contributed by atoms with E-state index < -0.39 is 10.0 Å². The van der Waals surface area contributed by atoms with Crippen LogP contribution in [0.15, 0.2) is 53.4 Å². The lowest BCUT2D eigenvalue weighted by Crippen LogP contribution is -2.43. The normalized spacial score (nSPS) is 20.4. The smallest absolute Gasteiger partial charge is 0.243 e. The van der Waals surface area contributed by atoms with Gasteiger partial charge in [-0.15, -0.1) is 0 Å². The highest BCUT2D eigenvalue weighted by molar-refractivity contribution is 7.89. The molecule has 2 fully saturated rings. The summed E-state index contributed by atoms with van der Waals surface area (Å²) in [5.41, 5.74) is 2.95. The Morgan fingerprint density at radius 3 is 2.26 bits per heavy atom. The van der Waals surface area contributed by atoms with E-state index >= 15 is 0 Å². The standard InChI is InChI=1S/C24H31N3O3S/c1-19-7-13-23(14-8-19)31(29,30)27-17-5-6-20(18-27)24(28)25-21-9-11-22(12-10-21)26-15-3-2-4-16-26/h7-14,20H,2-6,15-18H2,1H3,(H,25,28)/t20-/m0/s1. The highest BCUT2D eigenvalue weighted by Gasteiger charge is 2.33. The quantitative estimate of drug-likeness (QED) is 0.761. The summed E-state index contributed by atoms with van der Waals surface area (Å²) in [7, 11) is -3.59. The maximum absolute atomic E-state index is 13.0. The van der Waals surface area contributed by atoms with Crippen molar-refractivity contribution in [3.63, 3.8) is 0 Å². The van der Waals surface area contributed by atoms with Crippen LogP contribution in [0.4, 0.5) is 11.4 Å². The van der Waals surface area contributed by atoms with E-state index in [9.17, 15) is 13.2 Å². The van der Waals surface area contributed by atoms with E-state index in [0.717, 1.165) is 24.3 Å². The monoisotopic (exact) mass is 441 g/mol. The number of hydrogen-bond donors (Lipinski definition) is 1. The Morgan fingerprint density at radius 2 is 1.58 bits per heavy atom. The van der Waals surface area contributed by atoms with E-state index in [4.69, 9.17) is 0 Å². The molecular weight excluding hydrogens is 410 g/mol. The van der Waals surface area contributed by atoms with Crippen LogP contribution in [0.1, 0.15) is 37.7 Å². The predicted molar refractivity (Wildman–Crippen MR) is 124 cm³/mol. The second-order valence-corrected chi connectivity index (χ2v) is 10.5. The molecule has 0 bridgehead atoms. The molecule has 0 saturated carbocycles. The van der Waals surface area contributed by atoms with E-state index in [2.05, 4.69) is 22.3 Å².